The third-order valence-corrected chi connectivity index (χ3v) is 1.66. The lowest BCUT2D eigenvalue weighted by molar-refractivity contribution is -0.139. The molecule has 0 aliphatic heterocycles. The number of nitriles is 1. The number of ether oxygens (including phenoxy) is 1. The van der Waals surface area contributed by atoms with Gasteiger partial charge in [0, 0.05) is 0 Å². The Morgan fingerprint density at radius 3 is 3.00 bits per heavy atom. The van der Waals surface area contributed by atoms with Gasteiger partial charge in [-0.2, -0.15) is 5.26 Å². The third-order valence-electron chi connectivity index (χ3n) is 1.66. The zero-order valence-corrected chi connectivity index (χ0v) is 7.65. The van der Waals surface area contributed by atoms with Gasteiger partial charge >= 0.3 is 5.97 Å². The molecule has 0 aromatic carbocycles. The highest BCUT2D eigenvalue weighted by Gasteiger charge is 2.08. The maximum atomic E-state index is 10.9. The fourth-order valence-electron chi connectivity index (χ4n) is 0.925. The summed E-state index contributed by atoms with van der Waals surface area (Å²) in [6, 6.07) is 4.91. The molecule has 0 spiro atoms. The zero-order chi connectivity index (χ0) is 10.6. The first kappa shape index (κ1) is 9.99. The summed E-state index contributed by atoms with van der Waals surface area (Å²) in [6.45, 7) is 0. The number of rotatable bonds is 2. The molecule has 14 heavy (non-hydrogen) atoms. The minimum atomic E-state index is -0.431. The molecule has 0 amide bonds. The van der Waals surface area contributed by atoms with Gasteiger partial charge in [-0.1, -0.05) is 0 Å². The van der Waals surface area contributed by atoms with E-state index in [2.05, 4.69) is 9.72 Å². The zero-order valence-electron chi connectivity index (χ0n) is 7.65. The molecule has 0 saturated heterocycles. The molecule has 0 saturated carbocycles. The average Bonchev–Trinajstić information content (AvgIpc) is 2.21. The smallest absolute Gasteiger partial charge is 0.311 e. The van der Waals surface area contributed by atoms with Gasteiger partial charge < -0.3 is 10.5 Å². The fraction of sp³-hybridized carbons (Fsp3) is 0.222. The summed E-state index contributed by atoms with van der Waals surface area (Å²) in [5, 5.41) is 8.57. The molecule has 0 fully saturated rings. The van der Waals surface area contributed by atoms with Crippen LogP contribution in [0.3, 0.4) is 0 Å². The van der Waals surface area contributed by atoms with Crippen molar-refractivity contribution < 1.29 is 9.53 Å². The second-order valence-corrected chi connectivity index (χ2v) is 2.60. The van der Waals surface area contributed by atoms with Crippen LogP contribution < -0.4 is 5.73 Å². The predicted molar refractivity (Wildman–Crippen MR) is 49.1 cm³/mol. The molecule has 5 nitrogen and oxygen atoms in total. The number of carbonyl (C=O) groups excluding carboxylic acids is 1. The van der Waals surface area contributed by atoms with Crippen LogP contribution in [0.1, 0.15) is 11.4 Å². The number of esters is 1. The van der Waals surface area contributed by atoms with Gasteiger partial charge in [-0.15, -0.1) is 0 Å². The maximum absolute atomic E-state index is 10.9. The number of carbonyl (C=O) groups is 1. The molecule has 0 aliphatic rings. The Bertz CT molecular complexity index is 396. The first-order chi connectivity index (χ1) is 6.67. The molecule has 0 bridgehead atoms. The Labute approximate surface area is 81.1 Å². The van der Waals surface area contributed by atoms with E-state index in [0.29, 0.717) is 11.4 Å². The van der Waals surface area contributed by atoms with Gasteiger partial charge in [-0.25, -0.2) is 4.98 Å². The summed E-state index contributed by atoms with van der Waals surface area (Å²) in [5.41, 5.74) is 6.56. The second-order valence-electron chi connectivity index (χ2n) is 2.60. The highest BCUT2D eigenvalue weighted by Crippen LogP contribution is 2.10. The van der Waals surface area contributed by atoms with Crippen molar-refractivity contribution in [2.24, 2.45) is 0 Å². The van der Waals surface area contributed by atoms with E-state index in [-0.39, 0.29) is 12.1 Å². The van der Waals surface area contributed by atoms with E-state index in [9.17, 15) is 4.79 Å². The van der Waals surface area contributed by atoms with Gasteiger partial charge in [-0.3, -0.25) is 4.79 Å². The van der Waals surface area contributed by atoms with Crippen LogP contribution in [0.15, 0.2) is 12.1 Å². The van der Waals surface area contributed by atoms with Crippen LogP contribution in [-0.4, -0.2) is 18.1 Å². The number of pyridine rings is 1. The van der Waals surface area contributed by atoms with Gasteiger partial charge in [0.05, 0.1) is 24.9 Å². The van der Waals surface area contributed by atoms with Crippen LogP contribution >= 0.6 is 0 Å². The van der Waals surface area contributed by atoms with E-state index >= 15 is 0 Å². The van der Waals surface area contributed by atoms with E-state index < -0.39 is 5.97 Å². The van der Waals surface area contributed by atoms with Crippen LogP contribution in [0, 0.1) is 11.3 Å². The van der Waals surface area contributed by atoms with Gasteiger partial charge in [0.1, 0.15) is 11.8 Å². The van der Waals surface area contributed by atoms with Gasteiger partial charge in [0.25, 0.3) is 0 Å². The number of anilines is 1. The monoisotopic (exact) mass is 191 g/mol. The van der Waals surface area contributed by atoms with E-state index in [1.54, 1.807) is 6.07 Å². The van der Waals surface area contributed by atoms with Crippen LogP contribution in [0.25, 0.3) is 0 Å². The minimum absolute atomic E-state index is 0.0160. The van der Waals surface area contributed by atoms with Crippen molar-refractivity contribution in [3.05, 3.63) is 23.5 Å². The molecule has 0 atom stereocenters. The summed E-state index contributed by atoms with van der Waals surface area (Å²) in [5.74, 6) is -0.431. The van der Waals surface area contributed by atoms with Crippen molar-refractivity contribution in [2.45, 2.75) is 6.42 Å². The van der Waals surface area contributed by atoms with E-state index in [1.165, 1.54) is 13.2 Å². The van der Waals surface area contributed by atoms with Crippen molar-refractivity contribution in [1.82, 2.24) is 4.98 Å². The molecular formula is C9H9N3O2. The lowest BCUT2D eigenvalue weighted by atomic mass is 10.2. The molecule has 1 rings (SSSR count). The minimum Gasteiger partial charge on any atom is -0.469 e. The SMILES string of the molecule is COC(=O)Cc1nc(C#N)ccc1N. The van der Waals surface area contributed by atoms with Crippen molar-refractivity contribution in [2.75, 3.05) is 12.8 Å². The van der Waals surface area contributed by atoms with Crippen molar-refractivity contribution in [3.8, 4) is 6.07 Å². The first-order valence-electron chi connectivity index (χ1n) is 3.89. The van der Waals surface area contributed by atoms with Crippen LogP contribution in [0.2, 0.25) is 0 Å². The molecule has 72 valence electrons. The van der Waals surface area contributed by atoms with Crippen LogP contribution in [-0.2, 0) is 16.0 Å². The topological polar surface area (TPSA) is 89.0 Å². The number of nitrogens with zero attached hydrogens (tertiary/aromatic N) is 2. The van der Waals surface area contributed by atoms with E-state index in [0.717, 1.165) is 0 Å². The lowest BCUT2D eigenvalue weighted by Crippen LogP contribution is -2.09. The van der Waals surface area contributed by atoms with Gasteiger partial charge in [0.15, 0.2) is 0 Å². The molecule has 5 heteroatoms. The summed E-state index contributed by atoms with van der Waals surface area (Å²) in [7, 11) is 1.28. The largest absolute Gasteiger partial charge is 0.469 e. The van der Waals surface area contributed by atoms with Crippen LogP contribution in [0.4, 0.5) is 5.69 Å². The molecule has 1 heterocycles. The highest BCUT2D eigenvalue weighted by molar-refractivity contribution is 5.73. The Kier molecular flexibility index (Phi) is 3.02. The van der Waals surface area contributed by atoms with Gasteiger partial charge in [0.2, 0.25) is 0 Å². The number of nitrogens with two attached hydrogens (primary N) is 1. The van der Waals surface area contributed by atoms with E-state index in [4.69, 9.17) is 11.0 Å². The molecule has 1 aromatic rings. The Balaban J connectivity index is 2.96. The van der Waals surface area contributed by atoms with Crippen molar-refractivity contribution >= 4 is 11.7 Å². The molecule has 0 aliphatic carbocycles. The fourth-order valence-corrected chi connectivity index (χ4v) is 0.925. The maximum Gasteiger partial charge on any atom is 0.311 e. The Morgan fingerprint density at radius 1 is 1.71 bits per heavy atom. The number of aromatic nitrogens is 1. The van der Waals surface area contributed by atoms with E-state index in [1.807, 2.05) is 6.07 Å². The molecule has 0 unspecified atom stereocenters. The number of methoxy groups -OCH3 is 1. The third kappa shape index (κ3) is 2.20. The van der Waals surface area contributed by atoms with Crippen molar-refractivity contribution in [1.29, 1.82) is 5.26 Å². The summed E-state index contributed by atoms with van der Waals surface area (Å²) >= 11 is 0. The normalized spacial score (nSPS) is 9.14. The van der Waals surface area contributed by atoms with Gasteiger partial charge in [-0.05, 0) is 12.1 Å². The number of hydrogen-bond donors (Lipinski definition) is 1. The predicted octanol–water partition coefficient (Wildman–Crippen LogP) is 0.251. The Morgan fingerprint density at radius 2 is 2.43 bits per heavy atom. The molecule has 1 aromatic heterocycles. The quantitative estimate of drug-likeness (QED) is 0.677. The first-order valence-corrected chi connectivity index (χ1v) is 3.89. The summed E-state index contributed by atoms with van der Waals surface area (Å²) in [6.07, 6.45) is -0.0160. The summed E-state index contributed by atoms with van der Waals surface area (Å²) < 4.78 is 4.47. The molecule has 2 N–H and O–H groups in total. The molecule has 0 radical (unpaired) electrons. The summed E-state index contributed by atoms with van der Waals surface area (Å²) in [4.78, 5) is 14.8. The molecular weight excluding hydrogens is 182 g/mol. The standard InChI is InChI=1S/C9H9N3O2/c1-14-9(13)4-8-7(11)3-2-6(5-10)12-8/h2-3H,4,11H2,1H3. The second kappa shape index (κ2) is 4.23. The number of hydrogen-bond acceptors (Lipinski definition) is 5. The van der Waals surface area contributed by atoms with Crippen LogP contribution in [0.5, 0.6) is 0 Å². The lowest BCUT2D eigenvalue weighted by Gasteiger charge is -2.02. The van der Waals surface area contributed by atoms with Crippen molar-refractivity contribution in [3.63, 3.8) is 0 Å². The Hall–Kier alpha value is -2.09. The number of nitrogen functional groups attached to an aromatic ring is 1. The average molecular weight is 191 g/mol. The highest BCUT2D eigenvalue weighted by atomic mass is 16.5.